The van der Waals surface area contributed by atoms with Gasteiger partial charge in [0.15, 0.2) is 0 Å². The molecule has 2 fully saturated rings. The average Bonchev–Trinajstić information content (AvgIpc) is 3.00. The van der Waals surface area contributed by atoms with Gasteiger partial charge in [0, 0.05) is 37.3 Å². The summed E-state index contributed by atoms with van der Waals surface area (Å²) in [5, 5.41) is 0. The third-order valence-corrected chi connectivity index (χ3v) is 5.95. The second-order valence-electron chi connectivity index (χ2n) is 8.01. The molecule has 2 amide bonds. The smallest absolute Gasteiger partial charge is 0.254 e. The van der Waals surface area contributed by atoms with Gasteiger partial charge in [-0.3, -0.25) is 9.59 Å². The Morgan fingerprint density at radius 1 is 1.11 bits per heavy atom. The van der Waals surface area contributed by atoms with Crippen molar-refractivity contribution >= 4 is 11.8 Å². The zero-order valence-electron chi connectivity index (χ0n) is 16.1. The maximum atomic E-state index is 13.3. The number of carbonyl (C=O) groups excluding carboxylic acids is 2. The predicted octanol–water partition coefficient (Wildman–Crippen LogP) is 4.11. The molecule has 0 radical (unpaired) electrons. The van der Waals surface area contributed by atoms with E-state index in [4.69, 9.17) is 0 Å². The van der Waals surface area contributed by atoms with Gasteiger partial charge in [0.2, 0.25) is 0 Å². The number of hydrogen-bond donors (Lipinski definition) is 0. The first-order chi connectivity index (χ1) is 13.5. The van der Waals surface area contributed by atoms with Crippen LogP contribution in [0.5, 0.6) is 0 Å². The molecule has 2 aromatic carbocycles. The maximum absolute atomic E-state index is 13.3. The Balaban J connectivity index is 1.40. The number of rotatable bonds is 4. The monoisotopic (exact) mass is 380 g/mol. The number of nitrogens with zero attached hydrogens (tertiary/aromatic N) is 2. The number of benzene rings is 2. The summed E-state index contributed by atoms with van der Waals surface area (Å²) in [5.74, 6) is 0.132. The van der Waals surface area contributed by atoms with E-state index < -0.39 is 5.82 Å². The third-order valence-electron chi connectivity index (χ3n) is 5.95. The summed E-state index contributed by atoms with van der Waals surface area (Å²) in [6.07, 6.45) is 4.73. The van der Waals surface area contributed by atoms with Crippen molar-refractivity contribution in [3.05, 3.63) is 71.0 Å². The Morgan fingerprint density at radius 3 is 2.61 bits per heavy atom. The molecule has 1 aliphatic heterocycles. The lowest BCUT2D eigenvalue weighted by molar-refractivity contribution is 0.0731. The van der Waals surface area contributed by atoms with Crippen molar-refractivity contribution in [3.8, 4) is 0 Å². The summed E-state index contributed by atoms with van der Waals surface area (Å²) in [6.45, 7) is 1.29. The highest BCUT2D eigenvalue weighted by Crippen LogP contribution is 2.36. The quantitative estimate of drug-likeness (QED) is 0.801. The second kappa shape index (κ2) is 7.74. The lowest BCUT2D eigenvalue weighted by Gasteiger charge is -2.24. The van der Waals surface area contributed by atoms with Crippen LogP contribution in [-0.2, 0) is 6.54 Å². The van der Waals surface area contributed by atoms with Crippen molar-refractivity contribution in [2.75, 3.05) is 13.6 Å². The van der Waals surface area contributed by atoms with Crippen LogP contribution in [0.2, 0.25) is 0 Å². The molecule has 0 N–H and O–H groups in total. The van der Waals surface area contributed by atoms with Crippen LogP contribution in [0.4, 0.5) is 4.39 Å². The van der Waals surface area contributed by atoms with Gasteiger partial charge in [-0.1, -0.05) is 24.6 Å². The summed E-state index contributed by atoms with van der Waals surface area (Å²) in [4.78, 5) is 28.9. The minimum atomic E-state index is -0.423. The Bertz CT molecular complexity index is 880. The predicted molar refractivity (Wildman–Crippen MR) is 105 cm³/mol. The van der Waals surface area contributed by atoms with Crippen LogP contribution in [0, 0.1) is 11.7 Å². The van der Waals surface area contributed by atoms with Crippen molar-refractivity contribution in [1.29, 1.82) is 0 Å². The van der Waals surface area contributed by atoms with Crippen molar-refractivity contribution < 1.29 is 14.0 Å². The molecule has 0 aromatic heterocycles. The Kier molecular flexibility index (Phi) is 5.16. The first-order valence-electron chi connectivity index (χ1n) is 9.92. The van der Waals surface area contributed by atoms with Crippen molar-refractivity contribution in [2.45, 2.75) is 38.3 Å². The average molecular weight is 380 g/mol. The molecule has 1 saturated carbocycles. The normalized spacial score (nSPS) is 20.9. The first kappa shape index (κ1) is 18.7. The van der Waals surface area contributed by atoms with Crippen LogP contribution in [0.3, 0.4) is 0 Å². The number of carbonyl (C=O) groups is 2. The molecule has 2 unspecified atom stereocenters. The molecule has 4 rings (SSSR count). The van der Waals surface area contributed by atoms with E-state index >= 15 is 0 Å². The largest absolute Gasteiger partial charge is 0.337 e. The van der Waals surface area contributed by atoms with E-state index in [1.54, 1.807) is 18.0 Å². The fourth-order valence-electron chi connectivity index (χ4n) is 4.49. The topological polar surface area (TPSA) is 40.6 Å². The molecule has 28 heavy (non-hydrogen) atoms. The second-order valence-corrected chi connectivity index (χ2v) is 8.01. The number of halogens is 1. The van der Waals surface area contributed by atoms with E-state index in [0.29, 0.717) is 29.6 Å². The third kappa shape index (κ3) is 3.79. The molecule has 2 aliphatic rings. The molecule has 2 atom stereocenters. The van der Waals surface area contributed by atoms with E-state index in [-0.39, 0.29) is 11.8 Å². The van der Waals surface area contributed by atoms with Gasteiger partial charge in [-0.2, -0.15) is 0 Å². The van der Waals surface area contributed by atoms with E-state index in [9.17, 15) is 14.0 Å². The van der Waals surface area contributed by atoms with E-state index in [0.717, 1.165) is 24.9 Å². The zero-order valence-corrected chi connectivity index (χ0v) is 16.1. The molecule has 0 spiro atoms. The minimum Gasteiger partial charge on any atom is -0.337 e. The fraction of sp³-hybridized carbons (Fsp3) is 0.391. The van der Waals surface area contributed by atoms with Crippen LogP contribution in [0.15, 0.2) is 48.5 Å². The molecule has 1 saturated heterocycles. The fourth-order valence-corrected chi connectivity index (χ4v) is 4.49. The summed E-state index contributed by atoms with van der Waals surface area (Å²) >= 11 is 0. The molecule has 5 heteroatoms. The van der Waals surface area contributed by atoms with Crippen LogP contribution >= 0.6 is 0 Å². The lowest BCUT2D eigenvalue weighted by Crippen LogP contribution is -2.35. The van der Waals surface area contributed by atoms with Crippen LogP contribution < -0.4 is 0 Å². The standard InChI is InChI=1S/C23H25FN2O2/c1-25(22(27)19-5-3-6-20(24)13-19)14-16-8-10-18(11-9-16)23(28)26-15-17-4-2-7-21(26)12-17/h3,5-6,8-11,13,17,21H,2,4,7,12,14-15H2,1H3. The van der Waals surface area contributed by atoms with Gasteiger partial charge in [0.25, 0.3) is 11.8 Å². The Labute approximate surface area is 164 Å². The van der Waals surface area contributed by atoms with Gasteiger partial charge in [-0.05, 0) is 61.1 Å². The Hall–Kier alpha value is -2.69. The number of amides is 2. The van der Waals surface area contributed by atoms with Crippen molar-refractivity contribution in [1.82, 2.24) is 9.80 Å². The molecule has 1 heterocycles. The Morgan fingerprint density at radius 2 is 1.89 bits per heavy atom. The highest BCUT2D eigenvalue weighted by molar-refractivity contribution is 5.95. The van der Waals surface area contributed by atoms with Gasteiger partial charge in [0.1, 0.15) is 5.82 Å². The van der Waals surface area contributed by atoms with Crippen LogP contribution in [0.1, 0.15) is 52.0 Å². The molecular weight excluding hydrogens is 355 g/mol. The molecule has 4 nitrogen and oxygen atoms in total. The highest BCUT2D eigenvalue weighted by atomic mass is 19.1. The summed E-state index contributed by atoms with van der Waals surface area (Å²) < 4.78 is 13.3. The maximum Gasteiger partial charge on any atom is 0.254 e. The molecular formula is C23H25FN2O2. The van der Waals surface area contributed by atoms with Gasteiger partial charge < -0.3 is 9.80 Å². The van der Waals surface area contributed by atoms with Gasteiger partial charge >= 0.3 is 0 Å². The summed E-state index contributed by atoms with van der Waals surface area (Å²) in [7, 11) is 1.69. The summed E-state index contributed by atoms with van der Waals surface area (Å²) in [6, 6.07) is 13.6. The number of hydrogen-bond acceptors (Lipinski definition) is 2. The van der Waals surface area contributed by atoms with E-state index in [1.807, 2.05) is 29.2 Å². The van der Waals surface area contributed by atoms with E-state index in [2.05, 4.69) is 0 Å². The molecule has 1 aliphatic carbocycles. The van der Waals surface area contributed by atoms with Gasteiger partial charge in [0.05, 0.1) is 0 Å². The van der Waals surface area contributed by atoms with E-state index in [1.165, 1.54) is 31.0 Å². The van der Waals surface area contributed by atoms with Crippen LogP contribution in [-0.4, -0.2) is 41.2 Å². The van der Waals surface area contributed by atoms with Crippen LogP contribution in [0.25, 0.3) is 0 Å². The first-order valence-corrected chi connectivity index (χ1v) is 9.92. The van der Waals surface area contributed by atoms with Gasteiger partial charge in [-0.25, -0.2) is 4.39 Å². The minimum absolute atomic E-state index is 0.116. The van der Waals surface area contributed by atoms with Gasteiger partial charge in [-0.15, -0.1) is 0 Å². The number of fused-ring (bicyclic) bond motifs is 2. The SMILES string of the molecule is CN(Cc1ccc(C(=O)N2CC3CCCC2C3)cc1)C(=O)c1cccc(F)c1. The highest BCUT2D eigenvalue weighted by Gasteiger charge is 2.37. The molecule has 146 valence electrons. The number of likely N-dealkylation sites (tertiary alicyclic amines) is 1. The summed E-state index contributed by atoms with van der Waals surface area (Å²) in [5.41, 5.74) is 1.97. The lowest BCUT2D eigenvalue weighted by atomic mass is 9.90. The zero-order chi connectivity index (χ0) is 19.7. The van der Waals surface area contributed by atoms with Crippen molar-refractivity contribution in [3.63, 3.8) is 0 Å². The molecule has 2 bridgehead atoms. The molecule has 2 aromatic rings. The van der Waals surface area contributed by atoms with Crippen molar-refractivity contribution in [2.24, 2.45) is 5.92 Å².